The van der Waals surface area contributed by atoms with Crippen LogP contribution >= 0.6 is 15.9 Å². The van der Waals surface area contributed by atoms with Crippen molar-refractivity contribution in [1.29, 1.82) is 0 Å². The Hall–Kier alpha value is -1.89. The lowest BCUT2D eigenvalue weighted by Crippen LogP contribution is -2.41. The molecule has 1 heterocycles. The van der Waals surface area contributed by atoms with Gasteiger partial charge in [-0.15, -0.1) is 0 Å². The van der Waals surface area contributed by atoms with Gasteiger partial charge in [-0.05, 0) is 29.5 Å². The molecule has 2 rings (SSSR count). The molecule has 0 aliphatic carbocycles. The number of aryl methyl sites for hydroxylation is 1. The maximum Gasteiger partial charge on any atom is 0.440 e. The van der Waals surface area contributed by atoms with Crippen LogP contribution < -0.4 is 15.6 Å². The number of nitrogens with one attached hydrogen (secondary N) is 2. The summed E-state index contributed by atoms with van der Waals surface area (Å²) in [6.07, 6.45) is 0. The van der Waals surface area contributed by atoms with E-state index >= 15 is 0 Å². The molecular weight excluding hydrogens is 290 g/mol. The molecule has 0 saturated carbocycles. The summed E-state index contributed by atoms with van der Waals surface area (Å²) in [6, 6.07) is 7.01. The van der Waals surface area contributed by atoms with E-state index < -0.39 is 11.5 Å². The van der Waals surface area contributed by atoms with Crippen LogP contribution in [-0.4, -0.2) is 11.2 Å². The van der Waals surface area contributed by atoms with Crippen LogP contribution in [0.1, 0.15) is 10.5 Å². The van der Waals surface area contributed by atoms with Gasteiger partial charge in [-0.1, -0.05) is 20.6 Å². The summed E-state index contributed by atoms with van der Waals surface area (Å²) in [4.78, 5) is 23.0. The van der Waals surface area contributed by atoms with Crippen molar-refractivity contribution in [2.75, 3.05) is 5.32 Å². The second-order valence-electron chi connectivity index (χ2n) is 3.35. The van der Waals surface area contributed by atoms with Crippen LogP contribution in [0.2, 0.25) is 0 Å². The Morgan fingerprint density at radius 1 is 1.41 bits per heavy atom. The van der Waals surface area contributed by atoms with Crippen molar-refractivity contribution in [2.24, 2.45) is 7.05 Å². The van der Waals surface area contributed by atoms with Gasteiger partial charge in [-0.3, -0.25) is 9.32 Å². The highest BCUT2D eigenvalue weighted by Crippen LogP contribution is 2.14. The van der Waals surface area contributed by atoms with Gasteiger partial charge in [0.25, 0.3) is 0 Å². The summed E-state index contributed by atoms with van der Waals surface area (Å²) < 4.78 is 6.61. The van der Waals surface area contributed by atoms with E-state index in [0.717, 1.165) is 4.47 Å². The Kier molecular flexibility index (Phi) is 3.10. The SMILES string of the molecule is C[n+]1[nH]oc(=O)c1C(=O)Nc1ccc(Br)cc1. The van der Waals surface area contributed by atoms with E-state index in [2.05, 4.69) is 31.0 Å². The zero-order valence-electron chi connectivity index (χ0n) is 8.86. The zero-order valence-corrected chi connectivity index (χ0v) is 10.4. The molecule has 2 aromatic rings. The number of halogens is 1. The third kappa shape index (κ3) is 2.44. The molecule has 1 aromatic carbocycles. The van der Waals surface area contributed by atoms with Gasteiger partial charge in [0.2, 0.25) is 0 Å². The molecule has 0 aliphatic rings. The number of hydrogen-bond acceptors (Lipinski definition) is 3. The summed E-state index contributed by atoms with van der Waals surface area (Å²) in [5.74, 6) is -0.523. The highest BCUT2D eigenvalue weighted by molar-refractivity contribution is 9.10. The van der Waals surface area contributed by atoms with Crippen LogP contribution in [0.5, 0.6) is 0 Å². The minimum atomic E-state index is -0.706. The number of amides is 1. The van der Waals surface area contributed by atoms with Gasteiger partial charge < -0.3 is 5.32 Å². The van der Waals surface area contributed by atoms with E-state index in [0.29, 0.717) is 5.69 Å². The molecule has 6 nitrogen and oxygen atoms in total. The van der Waals surface area contributed by atoms with Crippen molar-refractivity contribution < 1.29 is 14.0 Å². The molecule has 7 heteroatoms. The lowest BCUT2D eigenvalue weighted by molar-refractivity contribution is -0.741. The first kappa shape index (κ1) is 11.6. The summed E-state index contributed by atoms with van der Waals surface area (Å²) in [6.45, 7) is 0. The van der Waals surface area contributed by atoms with E-state index in [-0.39, 0.29) is 5.69 Å². The molecule has 2 N–H and O–H groups in total. The molecule has 0 aliphatic heterocycles. The van der Waals surface area contributed by atoms with Gasteiger partial charge in [-0.25, -0.2) is 4.79 Å². The monoisotopic (exact) mass is 298 g/mol. The van der Waals surface area contributed by atoms with Gasteiger partial charge in [0, 0.05) is 10.2 Å². The van der Waals surface area contributed by atoms with Crippen LogP contribution in [0.3, 0.4) is 0 Å². The zero-order chi connectivity index (χ0) is 12.4. The lowest BCUT2D eigenvalue weighted by Gasteiger charge is -2.00. The molecule has 17 heavy (non-hydrogen) atoms. The molecular formula is C10H9BrN3O3+. The fourth-order valence-corrected chi connectivity index (χ4v) is 1.57. The minimum Gasteiger partial charge on any atom is -0.316 e. The lowest BCUT2D eigenvalue weighted by atomic mass is 10.3. The number of benzene rings is 1. The Balaban J connectivity index is 2.23. The van der Waals surface area contributed by atoms with Crippen molar-refractivity contribution in [3.05, 3.63) is 44.9 Å². The first-order valence-electron chi connectivity index (χ1n) is 4.72. The average Bonchev–Trinajstić information content (AvgIpc) is 2.62. The molecule has 0 fully saturated rings. The topological polar surface area (TPSA) is 79.0 Å². The van der Waals surface area contributed by atoms with E-state index in [1.54, 1.807) is 24.3 Å². The maximum atomic E-state index is 11.8. The summed E-state index contributed by atoms with van der Waals surface area (Å²) in [5, 5.41) is 4.87. The second kappa shape index (κ2) is 4.54. The van der Waals surface area contributed by atoms with Crippen molar-refractivity contribution in [3.8, 4) is 0 Å². The average molecular weight is 299 g/mol. The van der Waals surface area contributed by atoms with E-state index in [1.807, 2.05) is 0 Å². The predicted molar refractivity (Wildman–Crippen MR) is 62.6 cm³/mol. The van der Waals surface area contributed by atoms with E-state index in [9.17, 15) is 9.59 Å². The standard InChI is InChI=1S/C10H8BrN3O3/c1-14-8(10(16)17-13-14)9(15)12-7-4-2-6(11)3-5-7/h2-5H,1H3,(H-,12,13,15,16)/p+1. The Bertz CT molecular complexity index is 600. The molecule has 1 aromatic heterocycles. The highest BCUT2D eigenvalue weighted by atomic mass is 79.9. The first-order valence-corrected chi connectivity index (χ1v) is 5.51. The van der Waals surface area contributed by atoms with Crippen LogP contribution in [0, 0.1) is 0 Å². The quantitative estimate of drug-likeness (QED) is 0.805. The number of rotatable bonds is 2. The van der Waals surface area contributed by atoms with Gasteiger partial charge in [0.15, 0.2) is 7.05 Å². The third-order valence-corrected chi connectivity index (χ3v) is 2.65. The molecule has 1 amide bonds. The number of carbonyl (C=O) groups is 1. The Morgan fingerprint density at radius 3 is 2.59 bits per heavy atom. The normalized spacial score (nSPS) is 10.2. The number of nitrogens with zero attached hydrogens (tertiary/aromatic N) is 1. The summed E-state index contributed by atoms with van der Waals surface area (Å²) in [7, 11) is 1.52. The van der Waals surface area contributed by atoms with Crippen LogP contribution in [0.15, 0.2) is 38.1 Å². The molecule has 0 atom stereocenters. The molecule has 0 unspecified atom stereocenters. The third-order valence-electron chi connectivity index (χ3n) is 2.12. The van der Waals surface area contributed by atoms with E-state index in [4.69, 9.17) is 0 Å². The number of carbonyl (C=O) groups excluding carboxylic acids is 1. The van der Waals surface area contributed by atoms with Crippen LogP contribution in [0.25, 0.3) is 0 Å². The number of anilines is 1. The summed E-state index contributed by atoms with van der Waals surface area (Å²) in [5.41, 5.74) is -0.200. The fourth-order valence-electron chi connectivity index (χ4n) is 1.31. The molecule has 0 radical (unpaired) electrons. The van der Waals surface area contributed by atoms with Gasteiger partial charge >= 0.3 is 17.2 Å². The largest absolute Gasteiger partial charge is 0.440 e. The smallest absolute Gasteiger partial charge is 0.316 e. The van der Waals surface area contributed by atoms with Gasteiger partial charge in [0.1, 0.15) is 0 Å². The number of H-pyrrole nitrogens is 1. The second-order valence-corrected chi connectivity index (χ2v) is 4.27. The molecule has 0 bridgehead atoms. The number of aromatic amines is 1. The van der Waals surface area contributed by atoms with Crippen LogP contribution in [-0.2, 0) is 7.05 Å². The summed E-state index contributed by atoms with van der Waals surface area (Å²) >= 11 is 3.29. The maximum absolute atomic E-state index is 11.8. The molecule has 88 valence electrons. The van der Waals surface area contributed by atoms with E-state index in [1.165, 1.54) is 11.7 Å². The molecule has 0 spiro atoms. The van der Waals surface area contributed by atoms with Gasteiger partial charge in [0.05, 0.1) is 0 Å². The van der Waals surface area contributed by atoms with Crippen molar-refractivity contribution in [1.82, 2.24) is 5.27 Å². The Labute approximate surface area is 104 Å². The van der Waals surface area contributed by atoms with Crippen molar-refractivity contribution in [3.63, 3.8) is 0 Å². The molecule has 0 saturated heterocycles. The number of aromatic nitrogens is 2. The van der Waals surface area contributed by atoms with Gasteiger partial charge in [-0.2, -0.15) is 0 Å². The predicted octanol–water partition coefficient (Wildman–Crippen LogP) is 0.807. The Morgan fingerprint density at radius 2 is 2.06 bits per heavy atom. The van der Waals surface area contributed by atoms with Crippen molar-refractivity contribution in [2.45, 2.75) is 0 Å². The van der Waals surface area contributed by atoms with Crippen molar-refractivity contribution >= 4 is 27.5 Å². The number of hydrogen-bond donors (Lipinski definition) is 2. The van der Waals surface area contributed by atoms with Crippen LogP contribution in [0.4, 0.5) is 5.69 Å². The first-order chi connectivity index (χ1) is 8.08. The fraction of sp³-hybridized carbons (Fsp3) is 0.100. The highest BCUT2D eigenvalue weighted by Gasteiger charge is 2.26. The minimum absolute atomic E-state index is 0.0899.